The Kier molecular flexibility index (Phi) is 7.87. The van der Waals surface area contributed by atoms with Crippen LogP contribution in [-0.2, 0) is 0 Å². The third-order valence-electron chi connectivity index (χ3n) is 1.49. The molecule has 0 nitrogen and oxygen atoms in total. The van der Waals surface area contributed by atoms with Crippen molar-refractivity contribution in [3.8, 4) is 0 Å². The summed E-state index contributed by atoms with van der Waals surface area (Å²) in [5.74, 6) is 0. The molecule has 0 saturated heterocycles. The molecule has 0 atom stereocenters. The number of rotatable bonds is 6. The van der Waals surface area contributed by atoms with Crippen LogP contribution in [0.3, 0.4) is 0 Å². The largest absolute Gasteiger partial charge is 0.251 e. The van der Waals surface area contributed by atoms with E-state index in [1.165, 1.54) is 25.7 Å². The molecule has 0 N–H and O–H groups in total. The van der Waals surface area contributed by atoms with E-state index in [1.807, 2.05) is 0 Å². The molecule has 0 heterocycles. The summed E-state index contributed by atoms with van der Waals surface area (Å²) in [5.41, 5.74) is 0. The number of unbranched alkanes of at least 4 members (excludes halogenated alkanes) is 5. The number of hydrogen-bond donors (Lipinski definition) is 0. The van der Waals surface area contributed by atoms with Gasteiger partial charge in [-0.05, 0) is 6.42 Å². The van der Waals surface area contributed by atoms with Crippen LogP contribution < -0.4 is 0 Å². The smallest absolute Gasteiger partial charge is 0.0894 e. The average molecular weight is 131 g/mol. The lowest BCUT2D eigenvalue weighted by Crippen LogP contribution is -1.78. The molecule has 0 rings (SSSR count). The molecule has 0 aromatic heterocycles. The maximum atomic E-state index is 11.5. The highest BCUT2D eigenvalue weighted by atomic mass is 18.2. The van der Waals surface area contributed by atoms with E-state index in [2.05, 4.69) is 6.92 Å². The van der Waals surface area contributed by atoms with Gasteiger partial charge in [0.1, 0.15) is 0 Å². The van der Waals surface area contributed by atoms with Crippen molar-refractivity contribution >= 4 is 0 Å². The van der Waals surface area contributed by atoms with Gasteiger partial charge in [0.2, 0.25) is 0 Å². The van der Waals surface area contributed by atoms with Gasteiger partial charge in [0.15, 0.2) is 0 Å². The zero-order chi connectivity index (χ0) is 6.95. The first-order chi connectivity index (χ1) is 4.41. The van der Waals surface area contributed by atoms with Crippen LogP contribution in [0.15, 0.2) is 0 Å². The van der Waals surface area contributed by atoms with Crippen LogP contribution in [0.5, 0.6) is 0 Å². The lowest BCUT2D eigenvalue weighted by molar-refractivity contribution is 0.451. The van der Waals surface area contributed by atoms with E-state index < -0.39 is 0 Å². The van der Waals surface area contributed by atoms with E-state index >= 15 is 0 Å². The topological polar surface area (TPSA) is 0 Å². The van der Waals surface area contributed by atoms with Crippen molar-refractivity contribution in [2.45, 2.75) is 45.4 Å². The maximum Gasteiger partial charge on any atom is 0.0894 e. The normalized spacial score (nSPS) is 10.0. The molecule has 0 fully saturated rings. The average Bonchev–Trinajstić information content (AvgIpc) is 1.89. The van der Waals surface area contributed by atoms with Crippen LogP contribution in [-0.4, -0.2) is 6.67 Å². The van der Waals surface area contributed by atoms with Gasteiger partial charge in [-0.2, -0.15) is 0 Å². The van der Waals surface area contributed by atoms with Crippen LogP contribution >= 0.6 is 0 Å². The summed E-state index contributed by atoms with van der Waals surface area (Å²) < 4.78 is 11.5. The van der Waals surface area contributed by atoms with Crippen molar-refractivity contribution in [2.75, 3.05) is 6.67 Å². The number of hydrogen-bond acceptors (Lipinski definition) is 0. The summed E-state index contributed by atoms with van der Waals surface area (Å²) in [6.07, 6.45) is 6.94. The van der Waals surface area contributed by atoms with Crippen molar-refractivity contribution < 1.29 is 4.39 Å². The second-order valence-corrected chi connectivity index (χ2v) is 2.46. The lowest BCUT2D eigenvalue weighted by Gasteiger charge is -1.95. The molecule has 9 heavy (non-hydrogen) atoms. The van der Waals surface area contributed by atoms with E-state index in [-0.39, 0.29) is 6.67 Å². The first-order valence-corrected chi connectivity index (χ1v) is 3.97. The zero-order valence-corrected chi connectivity index (χ0v) is 6.33. The standard InChI is InChI=1S/C8H17F/c1-2-3-4-5-6-7-8-9/h2-8H2,1H3/i9-1. The Morgan fingerprint density at radius 1 is 0.889 bits per heavy atom. The minimum atomic E-state index is -0.133. The quantitative estimate of drug-likeness (QED) is 0.485. The highest BCUT2D eigenvalue weighted by molar-refractivity contribution is 4.41. The van der Waals surface area contributed by atoms with Gasteiger partial charge in [-0.25, -0.2) is 0 Å². The monoisotopic (exact) mass is 131 g/mol. The van der Waals surface area contributed by atoms with Crippen LogP contribution in [0, 0.1) is 0 Å². The molecule has 0 aromatic rings. The maximum absolute atomic E-state index is 11.5. The molecule has 0 saturated carbocycles. The van der Waals surface area contributed by atoms with Crippen molar-refractivity contribution in [1.82, 2.24) is 0 Å². The summed E-state index contributed by atoms with van der Waals surface area (Å²) in [6.45, 7) is 2.06. The highest BCUT2D eigenvalue weighted by Gasteiger charge is 1.87. The summed E-state index contributed by atoms with van der Waals surface area (Å²) >= 11 is 0. The van der Waals surface area contributed by atoms with Crippen molar-refractivity contribution in [2.24, 2.45) is 0 Å². The van der Waals surface area contributed by atoms with Gasteiger partial charge in [-0.1, -0.05) is 39.0 Å². The van der Waals surface area contributed by atoms with Crippen LogP contribution in [0.2, 0.25) is 0 Å². The minimum Gasteiger partial charge on any atom is -0.251 e. The van der Waals surface area contributed by atoms with Crippen molar-refractivity contribution in [1.29, 1.82) is 0 Å². The Morgan fingerprint density at radius 2 is 1.44 bits per heavy atom. The third-order valence-corrected chi connectivity index (χ3v) is 1.49. The Bertz CT molecular complexity index is 37.8. The Labute approximate surface area is 57.5 Å². The highest BCUT2D eigenvalue weighted by Crippen LogP contribution is 2.04. The zero-order valence-electron chi connectivity index (χ0n) is 6.33. The van der Waals surface area contributed by atoms with Crippen molar-refractivity contribution in [3.63, 3.8) is 0 Å². The first kappa shape index (κ1) is 8.93. The Morgan fingerprint density at radius 3 is 2.00 bits per heavy atom. The second-order valence-electron chi connectivity index (χ2n) is 2.46. The molecular weight excluding hydrogens is 114 g/mol. The molecule has 0 aliphatic rings. The predicted octanol–water partition coefficient (Wildman–Crippen LogP) is 3.32. The van der Waals surface area contributed by atoms with Gasteiger partial charge in [-0.3, -0.25) is 4.39 Å². The van der Waals surface area contributed by atoms with E-state index in [0.29, 0.717) is 0 Å². The van der Waals surface area contributed by atoms with Crippen molar-refractivity contribution in [3.05, 3.63) is 0 Å². The van der Waals surface area contributed by atoms with Gasteiger partial charge in [0.05, 0.1) is 6.67 Å². The van der Waals surface area contributed by atoms with E-state index in [4.69, 9.17) is 0 Å². The summed E-state index contributed by atoms with van der Waals surface area (Å²) in [4.78, 5) is 0. The molecule has 0 amide bonds. The second kappa shape index (κ2) is 7.93. The number of alkyl halides is 1. The lowest BCUT2D eigenvalue weighted by atomic mass is 10.1. The summed E-state index contributed by atoms with van der Waals surface area (Å²) in [7, 11) is 0. The number of halogens is 1. The van der Waals surface area contributed by atoms with Gasteiger partial charge < -0.3 is 0 Å². The van der Waals surface area contributed by atoms with Crippen LogP contribution in [0.1, 0.15) is 45.4 Å². The Balaban J connectivity index is 2.60. The van der Waals surface area contributed by atoms with Gasteiger partial charge in [0.25, 0.3) is 0 Å². The van der Waals surface area contributed by atoms with E-state index in [1.54, 1.807) is 0 Å². The molecule has 0 spiro atoms. The molecular formula is C8H17F. The predicted molar refractivity (Wildman–Crippen MR) is 39.4 cm³/mol. The van der Waals surface area contributed by atoms with Crippen LogP contribution in [0.25, 0.3) is 0 Å². The molecule has 1 heteroatoms. The SMILES string of the molecule is CCCCCCCC[18F]. The molecule has 0 aromatic carbocycles. The van der Waals surface area contributed by atoms with Crippen LogP contribution in [0.4, 0.5) is 4.39 Å². The fourth-order valence-corrected chi connectivity index (χ4v) is 0.875. The fourth-order valence-electron chi connectivity index (χ4n) is 0.875. The van der Waals surface area contributed by atoms with E-state index in [0.717, 1.165) is 12.8 Å². The molecule has 0 aliphatic carbocycles. The summed E-state index contributed by atoms with van der Waals surface area (Å²) in [6, 6.07) is 0. The summed E-state index contributed by atoms with van der Waals surface area (Å²) in [5, 5.41) is 0. The van der Waals surface area contributed by atoms with Gasteiger partial charge in [0, 0.05) is 0 Å². The minimum absolute atomic E-state index is 0.133. The van der Waals surface area contributed by atoms with Gasteiger partial charge >= 0.3 is 0 Å². The molecule has 0 bridgehead atoms. The fraction of sp³-hybridized carbons (Fsp3) is 1.00. The molecule has 0 unspecified atom stereocenters. The molecule has 56 valence electrons. The Hall–Kier alpha value is -0.0700. The molecule has 0 radical (unpaired) electrons. The third kappa shape index (κ3) is 7.93. The van der Waals surface area contributed by atoms with E-state index in [9.17, 15) is 4.39 Å². The first-order valence-electron chi connectivity index (χ1n) is 3.97. The van der Waals surface area contributed by atoms with Gasteiger partial charge in [-0.15, -0.1) is 0 Å². The molecule has 0 aliphatic heterocycles.